The van der Waals surface area contributed by atoms with Gasteiger partial charge < -0.3 is 19.9 Å². The van der Waals surface area contributed by atoms with Crippen molar-refractivity contribution < 1.29 is 21.9 Å². The summed E-state index contributed by atoms with van der Waals surface area (Å²) in [6, 6.07) is 5.85. The molecule has 3 N–H and O–H groups in total. The van der Waals surface area contributed by atoms with Gasteiger partial charge in [0, 0.05) is 67.1 Å². The van der Waals surface area contributed by atoms with Crippen LogP contribution in [-0.4, -0.2) is 70.3 Å². The van der Waals surface area contributed by atoms with Crippen molar-refractivity contribution in [3.8, 4) is 11.8 Å². The van der Waals surface area contributed by atoms with Crippen molar-refractivity contribution in [1.82, 2.24) is 29.5 Å². The number of nitrogens with one attached hydrogen (secondary N) is 3. The van der Waals surface area contributed by atoms with E-state index in [2.05, 4.69) is 30.5 Å². The Bertz CT molecular complexity index is 1630. The third-order valence-electron chi connectivity index (χ3n) is 6.70. The molecule has 2 aliphatic rings. The summed E-state index contributed by atoms with van der Waals surface area (Å²) in [6.45, 7) is 3.05. The highest BCUT2D eigenvalue weighted by molar-refractivity contribution is 7.88. The second-order valence-electron chi connectivity index (χ2n) is 9.66. The van der Waals surface area contributed by atoms with E-state index in [0.29, 0.717) is 42.2 Å². The van der Waals surface area contributed by atoms with Crippen LogP contribution in [0.4, 0.5) is 26.2 Å². The lowest BCUT2D eigenvalue weighted by Crippen LogP contribution is -2.48. The number of nitrogens with zero attached hydrogens (tertiary/aromatic N) is 5. The van der Waals surface area contributed by atoms with Gasteiger partial charge in [-0.15, -0.1) is 0 Å². The third-order valence-corrected chi connectivity index (χ3v) is 8.00. The number of hydrogen-bond acceptors (Lipinski definition) is 8. The van der Waals surface area contributed by atoms with Gasteiger partial charge in [-0.1, -0.05) is 0 Å². The number of anilines is 3. The number of aromatic amines is 2. The van der Waals surface area contributed by atoms with Crippen LogP contribution >= 0.6 is 0 Å². The van der Waals surface area contributed by atoms with Gasteiger partial charge in [0.15, 0.2) is 23.2 Å². The van der Waals surface area contributed by atoms with Crippen LogP contribution in [0.1, 0.15) is 30.1 Å². The minimum Gasteiger partial charge on any atom is -0.421 e. The van der Waals surface area contributed by atoms with E-state index in [-0.39, 0.29) is 35.8 Å². The first-order valence-corrected chi connectivity index (χ1v) is 14.1. The van der Waals surface area contributed by atoms with Crippen molar-refractivity contribution in [2.24, 2.45) is 0 Å². The number of piperazine rings is 1. The van der Waals surface area contributed by atoms with Crippen LogP contribution in [0.2, 0.25) is 0 Å². The number of ether oxygens (including phenoxy) is 1. The Labute approximate surface area is 217 Å². The van der Waals surface area contributed by atoms with Gasteiger partial charge in [-0.2, -0.15) is 19.4 Å². The number of rotatable bonds is 7. The minimum atomic E-state index is -3.31. The zero-order valence-corrected chi connectivity index (χ0v) is 21.6. The summed E-state index contributed by atoms with van der Waals surface area (Å²) in [4.78, 5) is 13.5. The highest BCUT2D eigenvalue weighted by Crippen LogP contribution is 2.40. The average molecular weight is 545 g/mol. The standard InChI is InChI=1S/C24H26F2N8O3S/c1-13-9-15-22(26)18(10-16(25)23(15)27-13)37-24-29-19(28-20-11-17(31-32-20)14-3-4-14)12-21(30-24)33-5-7-34(8-6-33)38(2,35)36/h9-12,14,27H,3-8H2,1-2H3,(H2,28,29,30,31,32). The molecule has 1 saturated heterocycles. The first kappa shape index (κ1) is 24.6. The van der Waals surface area contributed by atoms with Crippen LogP contribution in [0.3, 0.4) is 0 Å². The average Bonchev–Trinajstić information content (AvgIpc) is 3.49. The highest BCUT2D eigenvalue weighted by Gasteiger charge is 2.27. The van der Waals surface area contributed by atoms with Gasteiger partial charge in [-0.05, 0) is 25.8 Å². The maximum absolute atomic E-state index is 15.2. The lowest BCUT2D eigenvalue weighted by molar-refractivity contribution is 0.383. The van der Waals surface area contributed by atoms with Crippen LogP contribution in [0, 0.1) is 18.6 Å². The van der Waals surface area contributed by atoms with E-state index in [1.54, 1.807) is 13.0 Å². The van der Waals surface area contributed by atoms with Gasteiger partial charge in [0.1, 0.15) is 11.6 Å². The number of halogens is 2. The summed E-state index contributed by atoms with van der Waals surface area (Å²) < 4.78 is 60.8. The summed E-state index contributed by atoms with van der Waals surface area (Å²) >= 11 is 0. The molecule has 0 amide bonds. The van der Waals surface area contributed by atoms with Gasteiger partial charge in [0.25, 0.3) is 0 Å². The number of sulfonamides is 1. The summed E-state index contributed by atoms with van der Waals surface area (Å²) in [5, 5.41) is 10.5. The number of fused-ring (bicyclic) bond motifs is 1. The van der Waals surface area contributed by atoms with Gasteiger partial charge in [-0.3, -0.25) is 5.10 Å². The normalized spacial score (nSPS) is 16.8. The first-order chi connectivity index (χ1) is 18.1. The van der Waals surface area contributed by atoms with E-state index in [1.807, 2.05) is 11.0 Å². The molecule has 1 aliphatic carbocycles. The Morgan fingerprint density at radius 2 is 1.82 bits per heavy atom. The summed E-state index contributed by atoms with van der Waals surface area (Å²) in [5.74, 6) is 0.0545. The van der Waals surface area contributed by atoms with Crippen molar-refractivity contribution in [2.75, 3.05) is 42.7 Å². The smallest absolute Gasteiger partial charge is 0.326 e. The summed E-state index contributed by atoms with van der Waals surface area (Å²) in [6.07, 6.45) is 3.41. The topological polar surface area (TPSA) is 132 Å². The molecule has 3 aromatic heterocycles. The Kier molecular flexibility index (Phi) is 5.94. The minimum absolute atomic E-state index is 0.0538. The molecule has 0 unspecified atom stereocenters. The molecule has 14 heteroatoms. The third kappa shape index (κ3) is 4.88. The zero-order chi connectivity index (χ0) is 26.6. The number of benzene rings is 1. The van der Waals surface area contributed by atoms with Gasteiger partial charge in [-0.25, -0.2) is 17.2 Å². The molecule has 38 heavy (non-hydrogen) atoms. The van der Waals surface area contributed by atoms with Crippen molar-refractivity contribution in [1.29, 1.82) is 0 Å². The molecule has 1 aliphatic heterocycles. The molecule has 0 spiro atoms. The second kappa shape index (κ2) is 9.20. The molecule has 11 nitrogen and oxygen atoms in total. The fraction of sp³-hybridized carbons (Fsp3) is 0.375. The zero-order valence-electron chi connectivity index (χ0n) is 20.8. The molecule has 0 bridgehead atoms. The molecular formula is C24H26F2N8O3S. The van der Waals surface area contributed by atoms with E-state index in [4.69, 9.17) is 4.74 Å². The Hall–Kier alpha value is -3.78. The lowest BCUT2D eigenvalue weighted by atomic mass is 10.2. The van der Waals surface area contributed by atoms with Crippen LogP contribution in [-0.2, 0) is 10.0 Å². The number of H-pyrrole nitrogens is 2. The number of aryl methyl sites for hydroxylation is 1. The molecule has 1 aromatic carbocycles. The van der Waals surface area contributed by atoms with Crippen LogP contribution in [0.5, 0.6) is 11.8 Å². The summed E-state index contributed by atoms with van der Waals surface area (Å²) in [7, 11) is -3.31. The predicted octanol–water partition coefficient (Wildman–Crippen LogP) is 3.76. The fourth-order valence-electron chi connectivity index (χ4n) is 4.58. The van der Waals surface area contributed by atoms with Crippen LogP contribution < -0.4 is 15.0 Å². The number of hydrogen-bond donors (Lipinski definition) is 3. The van der Waals surface area contributed by atoms with E-state index < -0.39 is 21.7 Å². The maximum atomic E-state index is 15.2. The van der Waals surface area contributed by atoms with E-state index >= 15 is 4.39 Å². The maximum Gasteiger partial charge on any atom is 0.326 e. The molecule has 0 atom stereocenters. The Morgan fingerprint density at radius 3 is 2.53 bits per heavy atom. The Balaban J connectivity index is 1.33. The Morgan fingerprint density at radius 1 is 1.05 bits per heavy atom. The lowest BCUT2D eigenvalue weighted by Gasteiger charge is -2.34. The molecule has 4 heterocycles. The van der Waals surface area contributed by atoms with Crippen molar-refractivity contribution in [2.45, 2.75) is 25.7 Å². The van der Waals surface area contributed by atoms with Crippen molar-refractivity contribution in [3.63, 3.8) is 0 Å². The van der Waals surface area contributed by atoms with Gasteiger partial charge in [0.2, 0.25) is 10.0 Å². The van der Waals surface area contributed by atoms with Crippen molar-refractivity contribution in [3.05, 3.63) is 47.3 Å². The second-order valence-corrected chi connectivity index (χ2v) is 11.6. The highest BCUT2D eigenvalue weighted by atomic mass is 32.2. The first-order valence-electron chi connectivity index (χ1n) is 12.2. The number of aromatic nitrogens is 5. The van der Waals surface area contributed by atoms with Crippen LogP contribution in [0.15, 0.2) is 24.3 Å². The largest absolute Gasteiger partial charge is 0.421 e. The molecule has 1 saturated carbocycles. The summed E-state index contributed by atoms with van der Waals surface area (Å²) in [5.41, 5.74) is 1.69. The predicted molar refractivity (Wildman–Crippen MR) is 138 cm³/mol. The van der Waals surface area contributed by atoms with E-state index in [0.717, 1.165) is 24.6 Å². The molecule has 6 rings (SSSR count). The molecule has 0 radical (unpaired) electrons. The van der Waals surface area contributed by atoms with Crippen LogP contribution in [0.25, 0.3) is 10.9 Å². The fourth-order valence-corrected chi connectivity index (χ4v) is 5.40. The SMILES string of the molecule is Cc1cc2c(F)c(Oc3nc(Nc4cc(C5CC5)[nH]n4)cc(N4CCN(S(C)(=O)=O)CC4)n3)cc(F)c2[nH]1. The molecule has 2 fully saturated rings. The van der Waals surface area contributed by atoms with Crippen molar-refractivity contribution >= 4 is 38.4 Å². The van der Waals surface area contributed by atoms with Gasteiger partial charge in [0.05, 0.1) is 11.8 Å². The van der Waals surface area contributed by atoms with E-state index in [9.17, 15) is 12.8 Å². The quantitative estimate of drug-likeness (QED) is 0.320. The van der Waals surface area contributed by atoms with E-state index in [1.165, 1.54) is 16.6 Å². The monoisotopic (exact) mass is 544 g/mol. The molecule has 4 aromatic rings. The molecule has 200 valence electrons. The molecular weight excluding hydrogens is 518 g/mol. The van der Waals surface area contributed by atoms with Gasteiger partial charge >= 0.3 is 6.01 Å².